The predicted molar refractivity (Wildman–Crippen MR) is 65.3 cm³/mol. The van der Waals surface area contributed by atoms with E-state index in [4.69, 9.17) is 11.6 Å². The van der Waals surface area contributed by atoms with E-state index in [1.165, 1.54) is 17.0 Å². The molecular weight excluding hydrogens is 244 g/mol. The molecular formula is C11H11ClN2O3. The molecule has 6 heteroatoms. The van der Waals surface area contributed by atoms with E-state index in [1.807, 2.05) is 0 Å². The van der Waals surface area contributed by atoms with E-state index in [1.54, 1.807) is 13.1 Å². The molecule has 0 N–H and O–H groups in total. The Hall–Kier alpha value is -1.88. The van der Waals surface area contributed by atoms with Crippen molar-refractivity contribution >= 4 is 23.2 Å². The Morgan fingerprint density at radius 3 is 2.76 bits per heavy atom. The van der Waals surface area contributed by atoms with Crippen molar-refractivity contribution in [1.82, 2.24) is 4.90 Å². The highest BCUT2D eigenvalue weighted by Gasteiger charge is 2.17. The van der Waals surface area contributed by atoms with Crippen molar-refractivity contribution in [2.75, 3.05) is 13.6 Å². The maximum absolute atomic E-state index is 11.9. The molecule has 0 atom stereocenters. The fourth-order valence-electron chi connectivity index (χ4n) is 1.27. The highest BCUT2D eigenvalue weighted by molar-refractivity contribution is 6.34. The van der Waals surface area contributed by atoms with Gasteiger partial charge in [-0.05, 0) is 6.07 Å². The Kier molecular flexibility index (Phi) is 4.23. The number of nitro groups is 1. The van der Waals surface area contributed by atoms with Crippen LogP contribution in [0, 0.1) is 10.1 Å². The first-order valence-electron chi connectivity index (χ1n) is 4.77. The third-order valence-electron chi connectivity index (χ3n) is 2.14. The SMILES string of the molecule is C=CCN(C)C(=O)c1ccc([N+](=O)[O-])cc1Cl. The summed E-state index contributed by atoms with van der Waals surface area (Å²) in [5, 5.41) is 10.6. The highest BCUT2D eigenvalue weighted by Crippen LogP contribution is 2.23. The summed E-state index contributed by atoms with van der Waals surface area (Å²) in [4.78, 5) is 23.2. The van der Waals surface area contributed by atoms with Gasteiger partial charge in [-0.15, -0.1) is 6.58 Å². The van der Waals surface area contributed by atoms with Gasteiger partial charge in [-0.25, -0.2) is 0 Å². The zero-order valence-corrected chi connectivity index (χ0v) is 9.98. The molecule has 0 aliphatic rings. The van der Waals surface area contributed by atoms with Gasteiger partial charge in [0.05, 0.1) is 15.5 Å². The molecule has 1 aromatic rings. The van der Waals surface area contributed by atoms with Crippen molar-refractivity contribution in [1.29, 1.82) is 0 Å². The van der Waals surface area contributed by atoms with Gasteiger partial charge in [0.25, 0.3) is 11.6 Å². The zero-order chi connectivity index (χ0) is 13.0. The number of nitrogens with zero attached hydrogens (tertiary/aromatic N) is 2. The maximum Gasteiger partial charge on any atom is 0.270 e. The van der Waals surface area contributed by atoms with Crippen molar-refractivity contribution < 1.29 is 9.72 Å². The smallest absolute Gasteiger partial charge is 0.270 e. The molecule has 0 saturated heterocycles. The molecule has 0 aliphatic carbocycles. The standard InChI is InChI=1S/C11H11ClN2O3/c1-3-6-13(2)11(15)9-5-4-8(14(16)17)7-10(9)12/h3-5,7H,1,6H2,2H3. The maximum atomic E-state index is 11.9. The number of hydrogen-bond donors (Lipinski definition) is 0. The molecule has 0 fully saturated rings. The number of halogens is 1. The Bertz CT molecular complexity index is 474. The number of amides is 1. The lowest BCUT2D eigenvalue weighted by atomic mass is 10.2. The predicted octanol–water partition coefficient (Wildman–Crippen LogP) is 2.51. The number of carbonyl (C=O) groups excluding carboxylic acids is 1. The van der Waals surface area contributed by atoms with Gasteiger partial charge in [0.1, 0.15) is 0 Å². The quantitative estimate of drug-likeness (QED) is 0.471. The summed E-state index contributed by atoms with van der Waals surface area (Å²) in [6, 6.07) is 3.76. The lowest BCUT2D eigenvalue weighted by Crippen LogP contribution is -2.26. The Morgan fingerprint density at radius 1 is 1.65 bits per heavy atom. The summed E-state index contributed by atoms with van der Waals surface area (Å²) in [6.45, 7) is 3.90. The molecule has 0 unspecified atom stereocenters. The molecule has 0 aromatic heterocycles. The number of benzene rings is 1. The molecule has 0 heterocycles. The van der Waals surface area contributed by atoms with Gasteiger partial charge in [-0.1, -0.05) is 17.7 Å². The van der Waals surface area contributed by atoms with Crippen LogP contribution in [0.25, 0.3) is 0 Å². The van der Waals surface area contributed by atoms with Gasteiger partial charge in [-0.2, -0.15) is 0 Å². The van der Waals surface area contributed by atoms with Gasteiger partial charge in [0, 0.05) is 25.7 Å². The van der Waals surface area contributed by atoms with E-state index >= 15 is 0 Å². The van der Waals surface area contributed by atoms with E-state index in [2.05, 4.69) is 6.58 Å². The van der Waals surface area contributed by atoms with Crippen LogP contribution in [0.2, 0.25) is 5.02 Å². The summed E-state index contributed by atoms with van der Waals surface area (Å²) in [5.74, 6) is -0.301. The van der Waals surface area contributed by atoms with E-state index in [0.717, 1.165) is 6.07 Å². The van der Waals surface area contributed by atoms with Crippen LogP contribution >= 0.6 is 11.6 Å². The van der Waals surface area contributed by atoms with Crippen molar-refractivity contribution in [3.63, 3.8) is 0 Å². The van der Waals surface area contributed by atoms with Crippen LogP contribution < -0.4 is 0 Å². The summed E-state index contributed by atoms with van der Waals surface area (Å²) >= 11 is 5.83. The first-order valence-corrected chi connectivity index (χ1v) is 5.15. The second-order valence-corrected chi connectivity index (χ2v) is 3.80. The van der Waals surface area contributed by atoms with Crippen molar-refractivity contribution in [2.45, 2.75) is 0 Å². The fraction of sp³-hybridized carbons (Fsp3) is 0.182. The highest BCUT2D eigenvalue weighted by atomic mass is 35.5. The number of nitro benzene ring substituents is 1. The van der Waals surface area contributed by atoms with Gasteiger partial charge in [-0.3, -0.25) is 14.9 Å². The molecule has 0 aliphatic heterocycles. The molecule has 0 spiro atoms. The molecule has 17 heavy (non-hydrogen) atoms. The van der Waals surface area contributed by atoms with Gasteiger partial charge in [0.2, 0.25) is 0 Å². The fourth-order valence-corrected chi connectivity index (χ4v) is 1.53. The van der Waals surface area contributed by atoms with Crippen LogP contribution in [-0.2, 0) is 0 Å². The monoisotopic (exact) mass is 254 g/mol. The average molecular weight is 255 g/mol. The summed E-state index contributed by atoms with van der Waals surface area (Å²) in [7, 11) is 1.60. The van der Waals surface area contributed by atoms with Crippen LogP contribution in [0.1, 0.15) is 10.4 Å². The van der Waals surface area contributed by atoms with E-state index in [-0.39, 0.29) is 22.2 Å². The van der Waals surface area contributed by atoms with E-state index in [0.29, 0.717) is 6.54 Å². The Morgan fingerprint density at radius 2 is 2.29 bits per heavy atom. The molecule has 0 saturated carbocycles. The van der Waals surface area contributed by atoms with Crippen molar-refractivity contribution in [3.05, 3.63) is 51.6 Å². The summed E-state index contributed by atoms with van der Waals surface area (Å²) in [5.41, 5.74) is 0.0968. The average Bonchev–Trinajstić information content (AvgIpc) is 2.28. The largest absolute Gasteiger partial charge is 0.338 e. The topological polar surface area (TPSA) is 63.5 Å². The van der Waals surface area contributed by atoms with Crippen LogP contribution in [-0.4, -0.2) is 29.3 Å². The minimum Gasteiger partial charge on any atom is -0.338 e. The third-order valence-corrected chi connectivity index (χ3v) is 2.46. The van der Waals surface area contributed by atoms with Gasteiger partial charge in [0.15, 0.2) is 0 Å². The van der Waals surface area contributed by atoms with E-state index in [9.17, 15) is 14.9 Å². The third kappa shape index (κ3) is 3.04. The van der Waals surface area contributed by atoms with Gasteiger partial charge >= 0.3 is 0 Å². The number of carbonyl (C=O) groups is 1. The second-order valence-electron chi connectivity index (χ2n) is 3.40. The lowest BCUT2D eigenvalue weighted by Gasteiger charge is -2.15. The first-order chi connectivity index (χ1) is 7.97. The minimum absolute atomic E-state index is 0.0695. The van der Waals surface area contributed by atoms with Crippen molar-refractivity contribution in [2.24, 2.45) is 0 Å². The molecule has 90 valence electrons. The zero-order valence-electron chi connectivity index (χ0n) is 9.22. The molecule has 1 amide bonds. The second kappa shape index (κ2) is 5.45. The van der Waals surface area contributed by atoms with Crippen LogP contribution in [0.3, 0.4) is 0 Å². The molecule has 1 aromatic carbocycles. The van der Waals surface area contributed by atoms with E-state index < -0.39 is 4.92 Å². The molecule has 5 nitrogen and oxygen atoms in total. The number of rotatable bonds is 4. The number of non-ortho nitro benzene ring substituents is 1. The number of hydrogen-bond acceptors (Lipinski definition) is 3. The Balaban J connectivity index is 3.03. The van der Waals surface area contributed by atoms with Crippen LogP contribution in [0.15, 0.2) is 30.9 Å². The summed E-state index contributed by atoms with van der Waals surface area (Å²) in [6.07, 6.45) is 1.58. The van der Waals surface area contributed by atoms with Gasteiger partial charge < -0.3 is 4.90 Å². The number of likely N-dealkylation sites (N-methyl/N-ethyl adjacent to an activating group) is 1. The van der Waals surface area contributed by atoms with Crippen LogP contribution in [0.5, 0.6) is 0 Å². The lowest BCUT2D eigenvalue weighted by molar-refractivity contribution is -0.384. The van der Waals surface area contributed by atoms with Crippen molar-refractivity contribution in [3.8, 4) is 0 Å². The molecule has 1 rings (SSSR count). The first kappa shape index (κ1) is 13.2. The normalized spacial score (nSPS) is 9.76. The van der Waals surface area contributed by atoms with Crippen LogP contribution in [0.4, 0.5) is 5.69 Å². The minimum atomic E-state index is -0.562. The Labute approximate surface area is 103 Å². The molecule has 0 bridgehead atoms. The summed E-state index contributed by atoms with van der Waals surface area (Å²) < 4.78 is 0. The molecule has 0 radical (unpaired) electrons.